The number of benzene rings is 1. The van der Waals surface area contributed by atoms with Gasteiger partial charge in [0.2, 0.25) is 5.91 Å². The zero-order valence-corrected chi connectivity index (χ0v) is 13.2. The number of rotatable bonds is 5. The van der Waals surface area contributed by atoms with Gasteiger partial charge in [0.15, 0.2) is 0 Å². The lowest BCUT2D eigenvalue weighted by Gasteiger charge is -2.21. The third-order valence-electron chi connectivity index (χ3n) is 4.25. The minimum Gasteiger partial charge on any atom is -0.468 e. The van der Waals surface area contributed by atoms with Gasteiger partial charge in [0.05, 0.1) is 13.2 Å². The Morgan fingerprint density at radius 3 is 2.82 bits per heavy atom. The van der Waals surface area contributed by atoms with Crippen LogP contribution in [0.1, 0.15) is 19.3 Å². The fourth-order valence-corrected chi connectivity index (χ4v) is 3.09. The molecule has 5 nitrogen and oxygen atoms in total. The van der Waals surface area contributed by atoms with E-state index in [1.807, 2.05) is 12.1 Å². The van der Waals surface area contributed by atoms with Crippen molar-refractivity contribution in [3.05, 3.63) is 29.3 Å². The van der Waals surface area contributed by atoms with Crippen molar-refractivity contribution in [2.75, 3.05) is 18.6 Å². The van der Waals surface area contributed by atoms with Crippen LogP contribution in [-0.2, 0) is 14.3 Å². The molecule has 0 spiro atoms. The highest BCUT2D eigenvalue weighted by Crippen LogP contribution is 2.34. The molecule has 1 amide bonds. The Kier molecular flexibility index (Phi) is 4.36. The molecule has 1 aliphatic carbocycles. The van der Waals surface area contributed by atoms with Gasteiger partial charge in [0, 0.05) is 17.3 Å². The van der Waals surface area contributed by atoms with E-state index in [0.29, 0.717) is 23.9 Å². The Bertz CT molecular complexity index is 589. The summed E-state index contributed by atoms with van der Waals surface area (Å²) < 4.78 is 4.84. The number of esters is 1. The van der Waals surface area contributed by atoms with Gasteiger partial charge in [-0.2, -0.15) is 0 Å². The molecule has 1 saturated heterocycles. The second-order valence-electron chi connectivity index (χ2n) is 5.82. The van der Waals surface area contributed by atoms with Crippen LogP contribution in [0.2, 0.25) is 5.02 Å². The third kappa shape index (κ3) is 3.10. The Morgan fingerprint density at radius 1 is 1.41 bits per heavy atom. The van der Waals surface area contributed by atoms with E-state index in [9.17, 15) is 9.59 Å². The van der Waals surface area contributed by atoms with Gasteiger partial charge in [0.25, 0.3) is 0 Å². The van der Waals surface area contributed by atoms with E-state index in [0.717, 1.165) is 18.5 Å². The maximum atomic E-state index is 12.6. The molecule has 6 heteroatoms. The Hall–Kier alpha value is -1.59. The first kappa shape index (κ1) is 15.3. The first-order valence-corrected chi connectivity index (χ1v) is 7.89. The van der Waals surface area contributed by atoms with Crippen molar-refractivity contribution in [2.45, 2.75) is 31.3 Å². The molecule has 1 saturated carbocycles. The van der Waals surface area contributed by atoms with Crippen molar-refractivity contribution in [1.29, 1.82) is 0 Å². The van der Waals surface area contributed by atoms with E-state index in [-0.39, 0.29) is 24.0 Å². The molecule has 118 valence electrons. The number of hydrogen-bond donors (Lipinski definition) is 1. The number of amides is 1. The molecule has 3 rings (SSSR count). The lowest BCUT2D eigenvalue weighted by atomic mass is 10.1. The number of hydrogen-bond acceptors (Lipinski definition) is 4. The number of carbonyl (C=O) groups is 2. The van der Waals surface area contributed by atoms with Gasteiger partial charge in [-0.25, -0.2) is 0 Å². The molecule has 0 radical (unpaired) electrons. The number of anilines is 1. The molecule has 22 heavy (non-hydrogen) atoms. The molecule has 1 aromatic carbocycles. The van der Waals surface area contributed by atoms with Crippen LogP contribution in [0.3, 0.4) is 0 Å². The van der Waals surface area contributed by atoms with E-state index in [2.05, 4.69) is 5.32 Å². The summed E-state index contributed by atoms with van der Waals surface area (Å²) in [4.78, 5) is 26.1. The lowest BCUT2D eigenvalue weighted by Crippen LogP contribution is -2.48. The average molecular weight is 323 g/mol. The summed E-state index contributed by atoms with van der Waals surface area (Å²) in [7, 11) is 1.38. The smallest absolute Gasteiger partial charge is 0.323 e. The predicted octanol–water partition coefficient (Wildman–Crippen LogP) is 1.99. The number of ether oxygens (including phenoxy) is 1. The maximum absolute atomic E-state index is 12.6. The van der Waals surface area contributed by atoms with Gasteiger partial charge in [-0.3, -0.25) is 14.9 Å². The van der Waals surface area contributed by atoms with Crippen LogP contribution in [0.15, 0.2) is 24.3 Å². The number of carbonyl (C=O) groups excluding carboxylic acids is 2. The largest absolute Gasteiger partial charge is 0.468 e. The zero-order valence-electron chi connectivity index (χ0n) is 12.4. The van der Waals surface area contributed by atoms with E-state index in [1.54, 1.807) is 17.0 Å². The second kappa shape index (κ2) is 6.26. The van der Waals surface area contributed by atoms with Crippen molar-refractivity contribution < 1.29 is 14.3 Å². The number of halogens is 1. The summed E-state index contributed by atoms with van der Waals surface area (Å²) in [6, 6.07) is 6.53. The van der Waals surface area contributed by atoms with Crippen LogP contribution in [0.25, 0.3) is 0 Å². The second-order valence-corrected chi connectivity index (χ2v) is 6.25. The van der Waals surface area contributed by atoms with E-state index in [4.69, 9.17) is 16.3 Å². The van der Waals surface area contributed by atoms with E-state index in [1.165, 1.54) is 7.11 Å². The minimum absolute atomic E-state index is 0.0168. The van der Waals surface area contributed by atoms with Gasteiger partial charge >= 0.3 is 5.97 Å². The van der Waals surface area contributed by atoms with Gasteiger partial charge in [-0.1, -0.05) is 17.7 Å². The van der Waals surface area contributed by atoms with E-state index >= 15 is 0 Å². The van der Waals surface area contributed by atoms with Gasteiger partial charge < -0.3 is 9.64 Å². The highest BCUT2D eigenvalue weighted by atomic mass is 35.5. The fraction of sp³-hybridized carbons (Fsp3) is 0.500. The highest BCUT2D eigenvalue weighted by Gasteiger charge is 2.42. The topological polar surface area (TPSA) is 58.6 Å². The summed E-state index contributed by atoms with van der Waals surface area (Å²) in [6.07, 6.45) is 2.68. The maximum Gasteiger partial charge on any atom is 0.323 e. The molecule has 1 N–H and O–H groups in total. The molecule has 2 atom stereocenters. The number of methoxy groups -OCH3 is 1. The molecule has 1 aliphatic heterocycles. The van der Waals surface area contributed by atoms with Crippen LogP contribution >= 0.6 is 11.6 Å². The van der Waals surface area contributed by atoms with Crippen LogP contribution < -0.4 is 10.2 Å². The summed E-state index contributed by atoms with van der Waals surface area (Å²) in [6.45, 7) is 0.620. The molecule has 1 heterocycles. The summed E-state index contributed by atoms with van der Waals surface area (Å²) in [5.74, 6) is -0.00575. The van der Waals surface area contributed by atoms with Crippen LogP contribution in [0.4, 0.5) is 5.69 Å². The molecule has 1 aromatic rings. The van der Waals surface area contributed by atoms with Crippen molar-refractivity contribution in [3.8, 4) is 0 Å². The first-order chi connectivity index (χ1) is 10.6. The molecule has 0 bridgehead atoms. The van der Waals surface area contributed by atoms with Crippen molar-refractivity contribution in [3.63, 3.8) is 0 Å². The number of nitrogens with one attached hydrogen (secondary N) is 1. The van der Waals surface area contributed by atoms with E-state index < -0.39 is 0 Å². The summed E-state index contributed by atoms with van der Waals surface area (Å²) in [5.41, 5.74) is 0.794. The SMILES string of the molecule is COC(=O)C(NC1CCN(c2cccc(Cl)c2)C1=O)C1CC1. The minimum atomic E-state index is -0.377. The zero-order chi connectivity index (χ0) is 15.7. The van der Waals surface area contributed by atoms with Gasteiger partial charge in [-0.15, -0.1) is 0 Å². The summed E-state index contributed by atoms with van der Waals surface area (Å²) in [5, 5.41) is 3.80. The average Bonchev–Trinajstić information content (AvgIpc) is 3.28. The van der Waals surface area contributed by atoms with Crippen molar-refractivity contribution >= 4 is 29.2 Å². The van der Waals surface area contributed by atoms with Crippen LogP contribution in [0, 0.1) is 5.92 Å². The normalized spacial score (nSPS) is 22.7. The summed E-state index contributed by atoms with van der Waals surface area (Å²) >= 11 is 5.99. The number of nitrogens with zero attached hydrogens (tertiary/aromatic N) is 1. The molecule has 2 fully saturated rings. The lowest BCUT2D eigenvalue weighted by molar-refractivity contribution is -0.144. The Morgan fingerprint density at radius 2 is 2.18 bits per heavy atom. The first-order valence-electron chi connectivity index (χ1n) is 7.51. The van der Waals surface area contributed by atoms with Crippen molar-refractivity contribution in [1.82, 2.24) is 5.32 Å². The van der Waals surface area contributed by atoms with Gasteiger partial charge in [0.1, 0.15) is 6.04 Å². The third-order valence-corrected chi connectivity index (χ3v) is 4.49. The predicted molar refractivity (Wildman–Crippen MR) is 83.9 cm³/mol. The van der Waals surface area contributed by atoms with Gasteiger partial charge in [-0.05, 0) is 43.4 Å². The Labute approximate surface area is 134 Å². The molecule has 2 unspecified atom stereocenters. The molecule has 2 aliphatic rings. The van der Waals surface area contributed by atoms with Crippen LogP contribution in [-0.4, -0.2) is 37.6 Å². The molecule has 0 aromatic heterocycles. The van der Waals surface area contributed by atoms with Crippen molar-refractivity contribution in [2.24, 2.45) is 5.92 Å². The standard InChI is InChI=1S/C16H19ClN2O3/c1-22-16(21)14(10-5-6-10)18-13-7-8-19(15(13)20)12-4-2-3-11(17)9-12/h2-4,9-10,13-14,18H,5-8H2,1H3. The Balaban J connectivity index is 1.69. The monoisotopic (exact) mass is 322 g/mol. The quantitative estimate of drug-likeness (QED) is 0.842. The van der Waals surface area contributed by atoms with Crippen LogP contribution in [0.5, 0.6) is 0 Å². The molecular weight excluding hydrogens is 304 g/mol. The molecular formula is C16H19ClN2O3. The highest BCUT2D eigenvalue weighted by molar-refractivity contribution is 6.31. The fourth-order valence-electron chi connectivity index (χ4n) is 2.90.